The summed E-state index contributed by atoms with van der Waals surface area (Å²) in [4.78, 5) is 15.2. The van der Waals surface area contributed by atoms with E-state index < -0.39 is 0 Å². The Hall–Kier alpha value is -2.95. The summed E-state index contributed by atoms with van der Waals surface area (Å²) in [6.45, 7) is 3.89. The summed E-state index contributed by atoms with van der Waals surface area (Å²) in [6.07, 6.45) is 2.43. The molecule has 1 amide bonds. The lowest BCUT2D eigenvalue weighted by Gasteiger charge is -2.06. The first-order valence-electron chi connectivity index (χ1n) is 6.99. The second-order valence-electron chi connectivity index (χ2n) is 5.02. The van der Waals surface area contributed by atoms with E-state index in [-0.39, 0.29) is 0 Å². The standard InChI is InChI=1S/C17H16N4O/c1-12-10-14(8-9-18-12)16-13(2)17(19-11-22)21(20-16)15-6-4-3-5-7-15/h3-11H,1-2H3,(H,19,22). The number of pyridine rings is 1. The summed E-state index contributed by atoms with van der Waals surface area (Å²) >= 11 is 0. The van der Waals surface area contributed by atoms with Crippen molar-refractivity contribution in [1.82, 2.24) is 14.8 Å². The lowest BCUT2D eigenvalue weighted by atomic mass is 10.1. The van der Waals surface area contributed by atoms with E-state index in [4.69, 9.17) is 0 Å². The first-order valence-corrected chi connectivity index (χ1v) is 6.99. The Morgan fingerprint density at radius 3 is 2.59 bits per heavy atom. The predicted molar refractivity (Wildman–Crippen MR) is 86.0 cm³/mol. The minimum absolute atomic E-state index is 0.672. The van der Waals surface area contributed by atoms with Gasteiger partial charge in [0, 0.05) is 23.0 Å². The van der Waals surface area contributed by atoms with Gasteiger partial charge in [0.2, 0.25) is 6.41 Å². The highest BCUT2D eigenvalue weighted by Crippen LogP contribution is 2.30. The molecule has 0 spiro atoms. The molecule has 0 radical (unpaired) electrons. The number of hydrogen-bond donors (Lipinski definition) is 1. The molecule has 5 heteroatoms. The monoisotopic (exact) mass is 292 g/mol. The molecule has 0 fully saturated rings. The molecule has 0 aliphatic carbocycles. The van der Waals surface area contributed by atoms with Crippen LogP contribution in [0.5, 0.6) is 0 Å². The molecule has 22 heavy (non-hydrogen) atoms. The fourth-order valence-corrected chi connectivity index (χ4v) is 2.44. The number of anilines is 1. The lowest BCUT2D eigenvalue weighted by Crippen LogP contribution is -2.05. The Kier molecular flexibility index (Phi) is 3.70. The molecule has 2 heterocycles. The average molecular weight is 292 g/mol. The van der Waals surface area contributed by atoms with Gasteiger partial charge in [-0.3, -0.25) is 9.78 Å². The Balaban J connectivity index is 2.19. The zero-order chi connectivity index (χ0) is 15.5. The molecule has 3 aromatic rings. The molecule has 0 aliphatic heterocycles. The van der Waals surface area contributed by atoms with Crippen molar-refractivity contribution in [1.29, 1.82) is 0 Å². The summed E-state index contributed by atoms with van der Waals surface area (Å²) in [6, 6.07) is 13.6. The zero-order valence-corrected chi connectivity index (χ0v) is 12.4. The van der Waals surface area contributed by atoms with Gasteiger partial charge in [-0.1, -0.05) is 18.2 Å². The smallest absolute Gasteiger partial charge is 0.212 e. The van der Waals surface area contributed by atoms with Crippen LogP contribution < -0.4 is 5.32 Å². The third-order valence-electron chi connectivity index (χ3n) is 3.49. The topological polar surface area (TPSA) is 59.8 Å². The molecule has 0 aliphatic rings. The van der Waals surface area contributed by atoms with Gasteiger partial charge in [-0.2, -0.15) is 5.10 Å². The quantitative estimate of drug-likeness (QED) is 0.752. The van der Waals surface area contributed by atoms with Crippen LogP contribution in [0.4, 0.5) is 5.82 Å². The maximum absolute atomic E-state index is 10.9. The van der Waals surface area contributed by atoms with Crippen molar-refractivity contribution in [3.05, 3.63) is 59.9 Å². The Morgan fingerprint density at radius 1 is 1.14 bits per heavy atom. The number of carbonyl (C=O) groups is 1. The Labute approximate surface area is 128 Å². The molecule has 0 bridgehead atoms. The van der Waals surface area contributed by atoms with E-state index in [0.717, 1.165) is 28.2 Å². The second kappa shape index (κ2) is 5.81. The number of carbonyl (C=O) groups excluding carboxylic acids is 1. The molecule has 1 N–H and O–H groups in total. The molecule has 0 saturated heterocycles. The average Bonchev–Trinajstić information content (AvgIpc) is 2.86. The van der Waals surface area contributed by atoms with Crippen LogP contribution in [-0.2, 0) is 4.79 Å². The number of nitrogens with zero attached hydrogens (tertiary/aromatic N) is 3. The zero-order valence-electron chi connectivity index (χ0n) is 12.4. The van der Waals surface area contributed by atoms with Gasteiger partial charge in [-0.25, -0.2) is 4.68 Å². The summed E-state index contributed by atoms with van der Waals surface area (Å²) in [5.74, 6) is 0.672. The van der Waals surface area contributed by atoms with Gasteiger partial charge in [0.05, 0.1) is 11.4 Å². The SMILES string of the molecule is Cc1cc(-c2nn(-c3ccccc3)c(NC=O)c2C)ccn1. The van der Waals surface area contributed by atoms with E-state index in [1.165, 1.54) is 0 Å². The third kappa shape index (κ3) is 2.48. The summed E-state index contributed by atoms with van der Waals surface area (Å²) in [7, 11) is 0. The minimum atomic E-state index is 0.672. The van der Waals surface area contributed by atoms with Crippen molar-refractivity contribution >= 4 is 12.2 Å². The van der Waals surface area contributed by atoms with Crippen LogP contribution in [-0.4, -0.2) is 21.2 Å². The van der Waals surface area contributed by atoms with Gasteiger partial charge in [-0.05, 0) is 38.1 Å². The van der Waals surface area contributed by atoms with Crippen molar-refractivity contribution in [3.8, 4) is 16.9 Å². The fraction of sp³-hybridized carbons (Fsp3) is 0.118. The summed E-state index contributed by atoms with van der Waals surface area (Å²) in [5, 5.41) is 7.43. The molecule has 5 nitrogen and oxygen atoms in total. The highest BCUT2D eigenvalue weighted by Gasteiger charge is 2.16. The number of para-hydroxylation sites is 1. The fourth-order valence-electron chi connectivity index (χ4n) is 2.44. The van der Waals surface area contributed by atoms with Gasteiger partial charge in [0.15, 0.2) is 0 Å². The predicted octanol–water partition coefficient (Wildman–Crippen LogP) is 3.12. The van der Waals surface area contributed by atoms with Crippen molar-refractivity contribution in [3.63, 3.8) is 0 Å². The lowest BCUT2D eigenvalue weighted by molar-refractivity contribution is -0.105. The minimum Gasteiger partial charge on any atom is -0.313 e. The molecule has 3 rings (SSSR count). The molecular formula is C17H16N4O. The number of aryl methyl sites for hydroxylation is 1. The van der Waals surface area contributed by atoms with Gasteiger partial charge >= 0.3 is 0 Å². The summed E-state index contributed by atoms with van der Waals surface area (Å²) in [5.41, 5.74) is 4.55. The molecule has 0 saturated carbocycles. The molecule has 2 aromatic heterocycles. The highest BCUT2D eigenvalue weighted by molar-refractivity contribution is 5.78. The number of amides is 1. The van der Waals surface area contributed by atoms with E-state index in [0.29, 0.717) is 12.2 Å². The molecule has 110 valence electrons. The number of nitrogens with one attached hydrogen (secondary N) is 1. The molecule has 0 atom stereocenters. The van der Waals surface area contributed by atoms with Crippen LogP contribution in [0.2, 0.25) is 0 Å². The van der Waals surface area contributed by atoms with E-state index in [2.05, 4.69) is 15.4 Å². The second-order valence-corrected chi connectivity index (χ2v) is 5.02. The van der Waals surface area contributed by atoms with Crippen LogP contribution in [0.1, 0.15) is 11.3 Å². The van der Waals surface area contributed by atoms with Crippen LogP contribution in [0.3, 0.4) is 0 Å². The Bertz CT molecular complexity index is 809. The number of aromatic nitrogens is 3. The van der Waals surface area contributed by atoms with Crippen molar-refractivity contribution in [2.45, 2.75) is 13.8 Å². The Morgan fingerprint density at radius 2 is 1.91 bits per heavy atom. The van der Waals surface area contributed by atoms with Crippen molar-refractivity contribution in [2.75, 3.05) is 5.32 Å². The van der Waals surface area contributed by atoms with Gasteiger partial charge in [0.25, 0.3) is 0 Å². The van der Waals surface area contributed by atoms with Crippen LogP contribution in [0.25, 0.3) is 16.9 Å². The van der Waals surface area contributed by atoms with Crippen LogP contribution in [0.15, 0.2) is 48.7 Å². The van der Waals surface area contributed by atoms with Gasteiger partial charge < -0.3 is 5.32 Å². The molecular weight excluding hydrogens is 276 g/mol. The summed E-state index contributed by atoms with van der Waals surface area (Å²) < 4.78 is 1.74. The third-order valence-corrected chi connectivity index (χ3v) is 3.49. The van der Waals surface area contributed by atoms with Gasteiger partial charge in [-0.15, -0.1) is 0 Å². The maximum atomic E-state index is 10.9. The van der Waals surface area contributed by atoms with Crippen molar-refractivity contribution < 1.29 is 4.79 Å². The maximum Gasteiger partial charge on any atom is 0.212 e. The normalized spacial score (nSPS) is 10.5. The van der Waals surface area contributed by atoms with E-state index in [9.17, 15) is 4.79 Å². The molecule has 1 aromatic carbocycles. The number of hydrogen-bond acceptors (Lipinski definition) is 3. The molecule has 0 unspecified atom stereocenters. The first kappa shape index (κ1) is 14.0. The van der Waals surface area contributed by atoms with E-state index in [1.54, 1.807) is 10.9 Å². The largest absolute Gasteiger partial charge is 0.313 e. The number of rotatable bonds is 4. The first-order chi connectivity index (χ1) is 10.7. The van der Waals surface area contributed by atoms with Crippen LogP contribution >= 0.6 is 0 Å². The number of benzene rings is 1. The van der Waals surface area contributed by atoms with E-state index in [1.807, 2.05) is 56.3 Å². The van der Waals surface area contributed by atoms with Crippen LogP contribution in [0, 0.1) is 13.8 Å². The van der Waals surface area contributed by atoms with E-state index >= 15 is 0 Å². The highest BCUT2D eigenvalue weighted by atomic mass is 16.1. The van der Waals surface area contributed by atoms with Crippen molar-refractivity contribution in [2.24, 2.45) is 0 Å². The van der Waals surface area contributed by atoms with Gasteiger partial charge in [0.1, 0.15) is 5.82 Å².